The number of esters is 1. The number of rotatable bonds is 12. The lowest BCUT2D eigenvalue weighted by atomic mass is 10.1. The average molecular weight is 435 g/mol. The van der Waals surface area contributed by atoms with Gasteiger partial charge in [-0.05, 0) is 25.8 Å². The third-order valence-corrected chi connectivity index (χ3v) is 6.35. The van der Waals surface area contributed by atoms with Crippen LogP contribution in [-0.2, 0) is 14.3 Å². The molecule has 0 aliphatic carbocycles. The van der Waals surface area contributed by atoms with Crippen LogP contribution in [0.2, 0.25) is 0 Å². The molecule has 0 bridgehead atoms. The number of ether oxygens (including phenoxy) is 2. The highest BCUT2D eigenvalue weighted by Crippen LogP contribution is 2.37. The van der Waals surface area contributed by atoms with Crippen molar-refractivity contribution in [2.24, 2.45) is 5.92 Å². The summed E-state index contributed by atoms with van der Waals surface area (Å²) in [5, 5.41) is 12.3. The molecule has 1 aromatic heterocycles. The molecule has 9 heteroatoms. The van der Waals surface area contributed by atoms with Crippen molar-refractivity contribution in [1.29, 1.82) is 5.26 Å². The number of amides is 1. The van der Waals surface area contributed by atoms with Crippen LogP contribution in [0.1, 0.15) is 39.5 Å². The van der Waals surface area contributed by atoms with Crippen LogP contribution in [0.25, 0.3) is 0 Å². The lowest BCUT2D eigenvalue weighted by Gasteiger charge is -2.24. The molecule has 0 saturated carbocycles. The van der Waals surface area contributed by atoms with Crippen LogP contribution in [0.4, 0.5) is 5.69 Å². The van der Waals surface area contributed by atoms with Crippen molar-refractivity contribution in [3.63, 3.8) is 0 Å². The van der Waals surface area contributed by atoms with Crippen molar-refractivity contribution < 1.29 is 19.1 Å². The van der Waals surface area contributed by atoms with Crippen LogP contribution in [0.3, 0.4) is 0 Å². The van der Waals surface area contributed by atoms with Crippen molar-refractivity contribution in [3.8, 4) is 11.9 Å². The Labute approximate surface area is 182 Å². The molecule has 0 spiro atoms. The van der Waals surface area contributed by atoms with E-state index in [0.29, 0.717) is 31.8 Å². The van der Waals surface area contributed by atoms with E-state index in [-0.39, 0.29) is 23.1 Å². The molecule has 3 atom stereocenters. The van der Waals surface area contributed by atoms with Crippen molar-refractivity contribution in [2.75, 3.05) is 32.1 Å². The van der Waals surface area contributed by atoms with Gasteiger partial charge in [0.15, 0.2) is 0 Å². The topological polar surface area (TPSA) is 105 Å². The van der Waals surface area contributed by atoms with E-state index in [1.807, 2.05) is 17.0 Å². The number of nitriles is 1. The number of hydrogen-bond donors (Lipinski definition) is 1. The molecule has 0 radical (unpaired) electrons. The second kappa shape index (κ2) is 12.3. The van der Waals surface area contributed by atoms with Gasteiger partial charge in [-0.25, -0.2) is 4.98 Å². The monoisotopic (exact) mass is 434 g/mol. The summed E-state index contributed by atoms with van der Waals surface area (Å²) in [6.45, 7) is 5.28. The van der Waals surface area contributed by atoms with Gasteiger partial charge in [0.05, 0.1) is 42.3 Å². The lowest BCUT2D eigenvalue weighted by Crippen LogP contribution is -2.37. The number of anilines is 1. The van der Waals surface area contributed by atoms with Crippen molar-refractivity contribution >= 4 is 29.3 Å². The highest BCUT2D eigenvalue weighted by Gasteiger charge is 2.41. The Kier molecular flexibility index (Phi) is 9.74. The number of nitrogens with zero attached hydrogens (tertiary/aromatic N) is 3. The molecule has 3 unspecified atom stereocenters. The fourth-order valence-corrected chi connectivity index (χ4v) is 4.75. The molecule has 1 aromatic rings. The Morgan fingerprint density at radius 3 is 2.83 bits per heavy atom. The Morgan fingerprint density at radius 2 is 2.23 bits per heavy atom. The maximum Gasteiger partial charge on any atom is 0.323 e. The Bertz CT molecular complexity index is 738. The molecule has 30 heavy (non-hydrogen) atoms. The minimum absolute atomic E-state index is 0.0775. The first-order chi connectivity index (χ1) is 14.5. The summed E-state index contributed by atoms with van der Waals surface area (Å²) in [6.07, 6.45) is 4.49. The minimum atomic E-state index is -0.860. The molecule has 1 aliphatic rings. The number of aromatic nitrogens is 1. The number of carbonyl (C=O) groups excluding carboxylic acids is 2. The van der Waals surface area contributed by atoms with Crippen LogP contribution in [0.5, 0.6) is 5.88 Å². The number of nitrogens with one attached hydrogen (secondary N) is 1. The average Bonchev–Trinajstić information content (AvgIpc) is 3.05. The van der Waals surface area contributed by atoms with E-state index >= 15 is 0 Å². The van der Waals surface area contributed by atoms with E-state index in [4.69, 9.17) is 9.47 Å². The molecule has 8 nitrogen and oxygen atoms in total. The Hall–Kier alpha value is -2.47. The minimum Gasteiger partial charge on any atom is -0.481 e. The molecular formula is C21H30N4O4S. The normalized spacial score (nSPS) is 19.3. The van der Waals surface area contributed by atoms with Crippen molar-refractivity contribution in [1.82, 2.24) is 9.88 Å². The van der Waals surface area contributed by atoms with E-state index in [0.717, 1.165) is 18.5 Å². The molecule has 1 saturated heterocycles. The first-order valence-corrected chi connectivity index (χ1v) is 11.2. The molecule has 164 valence electrons. The fraction of sp³-hybridized carbons (Fsp3) is 0.619. The van der Waals surface area contributed by atoms with Gasteiger partial charge in [-0.3, -0.25) is 9.59 Å². The highest BCUT2D eigenvalue weighted by molar-refractivity contribution is 8.01. The molecule has 1 fully saturated rings. The maximum atomic E-state index is 13.0. The summed E-state index contributed by atoms with van der Waals surface area (Å²) in [6, 6.07) is 5.69. The Balaban J connectivity index is 1.96. The quantitative estimate of drug-likeness (QED) is 0.501. The fourth-order valence-electron chi connectivity index (χ4n) is 3.20. The zero-order valence-corrected chi connectivity index (χ0v) is 18.6. The standard InChI is InChI=1S/C21H30N4O4S/c1-4-6-11-25-19(12-15(13-22)21(27)29-5-2)30-17(20(25)26)9-10-23-16-7-8-18(28-3)24-14-16/h7-8,14-15,17,19,23H,4-6,9-12H2,1-3H3. The third-order valence-electron chi connectivity index (χ3n) is 4.83. The number of methoxy groups -OCH3 is 1. The van der Waals surface area contributed by atoms with E-state index in [1.54, 1.807) is 26.3 Å². The molecular weight excluding hydrogens is 404 g/mol. The lowest BCUT2D eigenvalue weighted by molar-refractivity contribution is -0.146. The van der Waals surface area contributed by atoms with Crippen LogP contribution in [0.15, 0.2) is 18.3 Å². The number of thioether (sulfide) groups is 1. The summed E-state index contributed by atoms with van der Waals surface area (Å²) in [7, 11) is 1.57. The summed E-state index contributed by atoms with van der Waals surface area (Å²) < 4.78 is 10.1. The molecule has 2 heterocycles. The summed E-state index contributed by atoms with van der Waals surface area (Å²) >= 11 is 1.54. The number of hydrogen-bond acceptors (Lipinski definition) is 8. The second-order valence-corrected chi connectivity index (χ2v) is 8.32. The Morgan fingerprint density at radius 1 is 1.43 bits per heavy atom. The first kappa shape index (κ1) is 23.8. The first-order valence-electron chi connectivity index (χ1n) is 10.3. The van der Waals surface area contributed by atoms with Crippen LogP contribution >= 0.6 is 11.8 Å². The number of carbonyl (C=O) groups is 2. The van der Waals surface area contributed by atoms with Crippen molar-refractivity contribution in [2.45, 2.75) is 50.2 Å². The molecule has 1 N–H and O–H groups in total. The van der Waals surface area contributed by atoms with Gasteiger partial charge in [-0.15, -0.1) is 11.8 Å². The summed E-state index contributed by atoms with van der Waals surface area (Å²) in [5.74, 6) is -0.749. The van der Waals surface area contributed by atoms with Crippen LogP contribution in [0, 0.1) is 17.2 Å². The zero-order chi connectivity index (χ0) is 21.9. The van der Waals surface area contributed by atoms with E-state index in [1.165, 1.54) is 11.8 Å². The van der Waals surface area contributed by atoms with Gasteiger partial charge >= 0.3 is 5.97 Å². The molecule has 2 rings (SSSR count). The van der Waals surface area contributed by atoms with Gasteiger partial charge < -0.3 is 19.7 Å². The third kappa shape index (κ3) is 6.52. The van der Waals surface area contributed by atoms with Crippen molar-refractivity contribution in [3.05, 3.63) is 18.3 Å². The van der Waals surface area contributed by atoms with E-state index in [2.05, 4.69) is 17.2 Å². The van der Waals surface area contributed by atoms with Gasteiger partial charge in [0.2, 0.25) is 11.8 Å². The largest absolute Gasteiger partial charge is 0.481 e. The highest BCUT2D eigenvalue weighted by atomic mass is 32.2. The molecule has 1 aliphatic heterocycles. The van der Waals surface area contributed by atoms with Crippen LogP contribution < -0.4 is 10.1 Å². The van der Waals surface area contributed by atoms with Gasteiger partial charge in [0, 0.05) is 25.6 Å². The SMILES string of the molecule is CCCCN1C(=O)C(CCNc2ccc(OC)nc2)SC1CC(C#N)C(=O)OCC. The molecule has 1 amide bonds. The number of unbranched alkanes of at least 4 members (excludes halogenated alkanes) is 1. The van der Waals surface area contributed by atoms with Crippen LogP contribution in [-0.4, -0.2) is 59.2 Å². The zero-order valence-electron chi connectivity index (χ0n) is 17.8. The maximum absolute atomic E-state index is 13.0. The van der Waals surface area contributed by atoms with Gasteiger partial charge in [0.25, 0.3) is 0 Å². The summed E-state index contributed by atoms with van der Waals surface area (Å²) in [4.78, 5) is 31.0. The van der Waals surface area contributed by atoms with E-state index < -0.39 is 11.9 Å². The van der Waals surface area contributed by atoms with Gasteiger partial charge in [-0.1, -0.05) is 13.3 Å². The molecule has 0 aromatic carbocycles. The number of pyridine rings is 1. The summed E-state index contributed by atoms with van der Waals surface area (Å²) in [5.41, 5.74) is 0.859. The van der Waals surface area contributed by atoms with E-state index in [9.17, 15) is 14.9 Å². The predicted octanol–water partition coefficient (Wildman–Crippen LogP) is 3.06. The van der Waals surface area contributed by atoms with Gasteiger partial charge in [-0.2, -0.15) is 5.26 Å². The predicted molar refractivity (Wildman–Crippen MR) is 116 cm³/mol. The van der Waals surface area contributed by atoms with Gasteiger partial charge in [0.1, 0.15) is 5.92 Å². The second-order valence-electron chi connectivity index (χ2n) is 6.94. The smallest absolute Gasteiger partial charge is 0.323 e.